The topological polar surface area (TPSA) is 78.9 Å². The van der Waals surface area contributed by atoms with E-state index in [2.05, 4.69) is 33.9 Å². The molecule has 0 unspecified atom stereocenters. The lowest BCUT2D eigenvalue weighted by molar-refractivity contribution is -0.163. The molecule has 0 aliphatic heterocycles. The fraction of sp³-hybridized carbons (Fsp3) is 0.854. The van der Waals surface area contributed by atoms with Crippen LogP contribution < -0.4 is 0 Å². The van der Waals surface area contributed by atoms with E-state index < -0.39 is 0 Å². The smallest absolute Gasteiger partial charge is 0.306 e. The van der Waals surface area contributed by atoms with Crippen LogP contribution in [0.5, 0.6) is 0 Å². The van der Waals surface area contributed by atoms with Crippen molar-refractivity contribution < 1.29 is 28.6 Å². The second-order valence-corrected chi connectivity index (χ2v) is 18.6. The van der Waals surface area contributed by atoms with Gasteiger partial charge in [-0.25, -0.2) is 0 Å². The summed E-state index contributed by atoms with van der Waals surface area (Å²) >= 11 is 0. The van der Waals surface area contributed by atoms with Crippen LogP contribution in [0, 0.1) is 46.3 Å². The Labute approximate surface area is 330 Å². The number of carbonyl (C=O) groups excluding carboxylic acids is 3. The van der Waals surface area contributed by atoms with Crippen LogP contribution in [0.25, 0.3) is 0 Å². The minimum atomic E-state index is -0.191. The summed E-state index contributed by atoms with van der Waals surface area (Å²) in [4.78, 5) is 37.5. The summed E-state index contributed by atoms with van der Waals surface area (Å²) in [6, 6.07) is 0. The summed E-state index contributed by atoms with van der Waals surface area (Å²) in [6.07, 6.45) is 33.5. The highest BCUT2D eigenvalue weighted by Crippen LogP contribution is 2.68. The Morgan fingerprint density at radius 1 is 0.630 bits per heavy atom. The van der Waals surface area contributed by atoms with Gasteiger partial charge in [0.25, 0.3) is 0 Å². The number of hydrogen-bond donors (Lipinski definition) is 0. The van der Waals surface area contributed by atoms with Gasteiger partial charge >= 0.3 is 17.9 Å². The van der Waals surface area contributed by atoms with Gasteiger partial charge in [-0.2, -0.15) is 0 Å². The summed E-state index contributed by atoms with van der Waals surface area (Å²) in [7, 11) is 0. The van der Waals surface area contributed by atoms with Crippen LogP contribution in [0.15, 0.2) is 25.3 Å². The molecule has 4 fully saturated rings. The summed E-state index contributed by atoms with van der Waals surface area (Å²) in [5.74, 6) is 3.85. The Kier molecular flexibility index (Phi) is 19.2. The molecule has 0 aromatic heterocycles. The standard InChI is InChI=1S/C48H80O6/c1-6-8-10-12-14-16-18-20-22-44(49)52-34-35-53-45(50)29-24-37(3)41-27-28-42-40-26-25-38-36-39(30-32-47(38,4)43(40)31-33-48(41,42)5)54-46(51)23-21-19-17-15-13-11-9-7-2/h6-7,37-43H,1-2,8-36H2,3-5H3/t37-,38+,39-,40+,41-,42+,43+,47+,48-/m1/s1. The van der Waals surface area contributed by atoms with Crippen LogP contribution in [0.4, 0.5) is 0 Å². The van der Waals surface area contributed by atoms with E-state index in [0.717, 1.165) is 82.0 Å². The van der Waals surface area contributed by atoms with E-state index in [0.29, 0.717) is 47.8 Å². The van der Waals surface area contributed by atoms with Gasteiger partial charge in [-0.05, 0) is 149 Å². The maximum atomic E-state index is 12.8. The average Bonchev–Trinajstić information content (AvgIpc) is 3.52. The zero-order valence-corrected chi connectivity index (χ0v) is 35.1. The van der Waals surface area contributed by atoms with E-state index in [-0.39, 0.29) is 37.2 Å². The minimum Gasteiger partial charge on any atom is -0.462 e. The third-order valence-electron chi connectivity index (χ3n) is 15.2. The molecule has 4 aliphatic carbocycles. The first-order valence-corrected chi connectivity index (χ1v) is 22.8. The summed E-state index contributed by atoms with van der Waals surface area (Å²) in [5.41, 5.74) is 0.720. The predicted molar refractivity (Wildman–Crippen MR) is 220 cm³/mol. The highest BCUT2D eigenvalue weighted by molar-refractivity contribution is 5.70. The molecule has 4 aliphatic rings. The van der Waals surface area contributed by atoms with Crippen molar-refractivity contribution in [2.75, 3.05) is 13.2 Å². The van der Waals surface area contributed by atoms with E-state index in [4.69, 9.17) is 14.2 Å². The third-order valence-corrected chi connectivity index (χ3v) is 15.2. The number of ether oxygens (including phenoxy) is 3. The molecule has 0 radical (unpaired) electrons. The zero-order chi connectivity index (χ0) is 38.8. The number of carbonyl (C=O) groups is 3. The van der Waals surface area contributed by atoms with Crippen LogP contribution in [0.2, 0.25) is 0 Å². The van der Waals surface area contributed by atoms with Crippen molar-refractivity contribution in [1.82, 2.24) is 0 Å². The fourth-order valence-electron chi connectivity index (χ4n) is 12.1. The Bertz CT molecular complexity index is 1160. The van der Waals surface area contributed by atoms with E-state index in [1.165, 1.54) is 89.9 Å². The molecule has 0 bridgehead atoms. The van der Waals surface area contributed by atoms with Gasteiger partial charge in [0.1, 0.15) is 19.3 Å². The number of unbranched alkanes of at least 4 members (excludes halogenated alkanes) is 12. The van der Waals surface area contributed by atoms with Crippen LogP contribution in [0.1, 0.15) is 194 Å². The van der Waals surface area contributed by atoms with E-state index in [1.807, 2.05) is 12.2 Å². The van der Waals surface area contributed by atoms with Gasteiger partial charge in [0.2, 0.25) is 0 Å². The lowest BCUT2D eigenvalue weighted by Crippen LogP contribution is -2.54. The third kappa shape index (κ3) is 13.0. The van der Waals surface area contributed by atoms with Gasteiger partial charge in [0, 0.05) is 19.3 Å². The molecular weight excluding hydrogens is 673 g/mol. The van der Waals surface area contributed by atoms with Gasteiger partial charge < -0.3 is 14.2 Å². The molecule has 4 saturated carbocycles. The largest absolute Gasteiger partial charge is 0.462 e. The van der Waals surface area contributed by atoms with Crippen LogP contribution >= 0.6 is 0 Å². The number of allylic oxidation sites excluding steroid dienone is 2. The summed E-state index contributed by atoms with van der Waals surface area (Å²) < 4.78 is 16.9. The molecule has 0 aromatic carbocycles. The van der Waals surface area contributed by atoms with Gasteiger partial charge in [0.15, 0.2) is 0 Å². The van der Waals surface area contributed by atoms with Crippen molar-refractivity contribution in [2.45, 2.75) is 200 Å². The van der Waals surface area contributed by atoms with Gasteiger partial charge in [-0.1, -0.05) is 84.3 Å². The first-order valence-electron chi connectivity index (χ1n) is 22.8. The van der Waals surface area contributed by atoms with Crippen molar-refractivity contribution >= 4 is 17.9 Å². The van der Waals surface area contributed by atoms with E-state index >= 15 is 0 Å². The van der Waals surface area contributed by atoms with Crippen LogP contribution in [0.3, 0.4) is 0 Å². The van der Waals surface area contributed by atoms with E-state index in [1.54, 1.807) is 0 Å². The quantitative estimate of drug-likeness (QED) is 0.0379. The number of rotatable bonds is 26. The van der Waals surface area contributed by atoms with Crippen LogP contribution in [-0.4, -0.2) is 37.2 Å². The van der Waals surface area contributed by atoms with Crippen molar-refractivity contribution in [3.63, 3.8) is 0 Å². The molecule has 6 nitrogen and oxygen atoms in total. The molecule has 4 rings (SSSR count). The number of hydrogen-bond acceptors (Lipinski definition) is 6. The van der Waals surface area contributed by atoms with Crippen LogP contribution in [-0.2, 0) is 28.6 Å². The Morgan fingerprint density at radius 3 is 1.80 bits per heavy atom. The van der Waals surface area contributed by atoms with Crippen molar-refractivity contribution in [3.8, 4) is 0 Å². The molecule has 0 aromatic rings. The highest BCUT2D eigenvalue weighted by atomic mass is 16.6. The van der Waals surface area contributed by atoms with Gasteiger partial charge in [-0.15, -0.1) is 13.2 Å². The average molecular weight is 753 g/mol. The highest BCUT2D eigenvalue weighted by Gasteiger charge is 2.60. The molecule has 0 N–H and O–H groups in total. The molecule has 6 heteroatoms. The van der Waals surface area contributed by atoms with Crippen molar-refractivity contribution in [1.29, 1.82) is 0 Å². The Morgan fingerprint density at radius 2 is 1.17 bits per heavy atom. The second-order valence-electron chi connectivity index (χ2n) is 18.6. The molecule has 0 spiro atoms. The predicted octanol–water partition coefficient (Wildman–Crippen LogP) is 12.7. The molecular formula is C48H80O6. The maximum Gasteiger partial charge on any atom is 0.306 e. The monoisotopic (exact) mass is 753 g/mol. The van der Waals surface area contributed by atoms with Crippen molar-refractivity contribution in [2.24, 2.45) is 46.3 Å². The Balaban J connectivity index is 1.11. The number of esters is 3. The fourth-order valence-corrected chi connectivity index (χ4v) is 12.1. The second kappa shape index (κ2) is 23.2. The minimum absolute atomic E-state index is 0.0278. The van der Waals surface area contributed by atoms with Crippen molar-refractivity contribution in [3.05, 3.63) is 25.3 Å². The summed E-state index contributed by atoms with van der Waals surface area (Å²) in [5, 5.41) is 0. The van der Waals surface area contributed by atoms with Gasteiger partial charge in [-0.3, -0.25) is 14.4 Å². The molecule has 0 amide bonds. The molecule has 54 heavy (non-hydrogen) atoms. The molecule has 0 saturated heterocycles. The van der Waals surface area contributed by atoms with Gasteiger partial charge in [0.05, 0.1) is 0 Å². The molecule has 0 heterocycles. The van der Waals surface area contributed by atoms with E-state index in [9.17, 15) is 14.4 Å². The lowest BCUT2D eigenvalue weighted by Gasteiger charge is -2.61. The summed E-state index contributed by atoms with van der Waals surface area (Å²) in [6.45, 7) is 15.4. The number of fused-ring (bicyclic) bond motifs is 5. The molecule has 308 valence electrons. The first-order chi connectivity index (χ1) is 26.1. The SMILES string of the molecule is C=CCCCCCCCCC(=O)OCCOC(=O)CC[C@@H](C)[C@H]1CC[C@H]2[C@@H]3CC[C@H]4C[C@H](OC(=O)CCCCCCCCC=C)CC[C@]4(C)[C@H]3CC[C@]12C. The normalized spacial score (nSPS) is 30.6. The zero-order valence-electron chi connectivity index (χ0n) is 35.1. The Hall–Kier alpha value is -2.11. The maximum absolute atomic E-state index is 12.8. The molecule has 9 atom stereocenters. The first kappa shape index (κ1) is 44.6. The lowest BCUT2D eigenvalue weighted by atomic mass is 9.44.